The molecule has 0 spiro atoms. The topological polar surface area (TPSA) is 102 Å². The van der Waals surface area contributed by atoms with Crippen LogP contribution in [0, 0.1) is 0 Å². The lowest BCUT2D eigenvalue weighted by Gasteiger charge is -2.17. The molecule has 0 unspecified atom stereocenters. The van der Waals surface area contributed by atoms with Gasteiger partial charge < -0.3 is 15.5 Å². The molecule has 1 rings (SSSR count). The Kier molecular flexibility index (Phi) is 6.25. The number of carbonyl (C=O) groups excluding carboxylic acids is 3. The van der Waals surface area contributed by atoms with E-state index in [2.05, 4.69) is 9.84 Å². The molecule has 0 heterocycles. The zero-order valence-electron chi connectivity index (χ0n) is 12.8. The number of hydrogen-bond donors (Lipinski definition) is 1. The molecule has 1 aromatic carbocycles. The Morgan fingerprint density at radius 1 is 1.09 bits per heavy atom. The maximum absolute atomic E-state index is 12.2. The first kappa shape index (κ1) is 17.4. The van der Waals surface area contributed by atoms with Crippen LogP contribution in [0.4, 0.5) is 0 Å². The fourth-order valence-electron chi connectivity index (χ4n) is 1.90. The minimum absolute atomic E-state index is 0.145. The number of amides is 1. The summed E-state index contributed by atoms with van der Waals surface area (Å²) in [6.07, 6.45) is 0. The summed E-state index contributed by atoms with van der Waals surface area (Å²) in [6.45, 7) is 4.39. The number of carbonyl (C=O) groups is 3. The molecule has 0 aliphatic heterocycles. The second-order valence-electron chi connectivity index (χ2n) is 4.35. The predicted octanol–water partition coefficient (Wildman–Crippen LogP) is 0.573. The average molecular weight is 305 g/mol. The van der Waals surface area contributed by atoms with E-state index < -0.39 is 17.7 Å². The number of hydrazone groups is 1. The summed E-state index contributed by atoms with van der Waals surface area (Å²) in [7, 11) is 1.27. The van der Waals surface area contributed by atoms with Gasteiger partial charge in [0.05, 0.1) is 12.7 Å². The van der Waals surface area contributed by atoms with Crippen LogP contribution in [-0.4, -0.2) is 48.5 Å². The molecule has 1 aromatic rings. The number of methoxy groups -OCH3 is 1. The van der Waals surface area contributed by atoms with E-state index in [0.717, 1.165) is 0 Å². The van der Waals surface area contributed by atoms with Crippen LogP contribution in [0.5, 0.6) is 0 Å². The third-order valence-electron chi connectivity index (χ3n) is 3.17. The number of nitrogens with zero attached hydrogens (tertiary/aromatic N) is 2. The molecule has 0 saturated heterocycles. The number of Topliss-reactive ketones (excluding diaryl/α,β-unsaturated/α-hetero) is 1. The normalized spacial score (nSPS) is 11.0. The first-order valence-electron chi connectivity index (χ1n) is 6.80. The number of rotatable bonds is 6. The Labute approximate surface area is 128 Å². The van der Waals surface area contributed by atoms with Crippen molar-refractivity contribution in [2.45, 2.75) is 13.8 Å². The molecule has 2 N–H and O–H groups in total. The number of hydrogen-bond acceptors (Lipinski definition) is 6. The summed E-state index contributed by atoms with van der Waals surface area (Å²) in [6, 6.07) is 5.93. The summed E-state index contributed by atoms with van der Waals surface area (Å²) in [4.78, 5) is 37.0. The van der Waals surface area contributed by atoms with Crippen LogP contribution in [-0.2, 0) is 14.3 Å². The lowest BCUT2D eigenvalue weighted by Crippen LogP contribution is -2.40. The number of benzene rings is 1. The SMILES string of the molecule is CCN(CC)C(=O)C(=O)C(=NN)c1ccc(C(=O)OC)cc1. The van der Waals surface area contributed by atoms with Crippen molar-refractivity contribution in [3.05, 3.63) is 35.4 Å². The third-order valence-corrected chi connectivity index (χ3v) is 3.17. The predicted molar refractivity (Wildman–Crippen MR) is 81.4 cm³/mol. The lowest BCUT2D eigenvalue weighted by atomic mass is 10.0. The van der Waals surface area contributed by atoms with Crippen molar-refractivity contribution < 1.29 is 19.1 Å². The van der Waals surface area contributed by atoms with Gasteiger partial charge in [0.25, 0.3) is 11.7 Å². The molecule has 22 heavy (non-hydrogen) atoms. The van der Waals surface area contributed by atoms with Gasteiger partial charge in [0.2, 0.25) is 0 Å². The van der Waals surface area contributed by atoms with Crippen molar-refractivity contribution in [2.24, 2.45) is 10.9 Å². The van der Waals surface area contributed by atoms with E-state index in [-0.39, 0.29) is 5.71 Å². The third kappa shape index (κ3) is 3.69. The van der Waals surface area contributed by atoms with Gasteiger partial charge in [-0.3, -0.25) is 9.59 Å². The van der Waals surface area contributed by atoms with Crippen LogP contribution in [0.15, 0.2) is 29.4 Å². The van der Waals surface area contributed by atoms with Gasteiger partial charge in [-0.2, -0.15) is 5.10 Å². The molecule has 0 aliphatic carbocycles. The van der Waals surface area contributed by atoms with Crippen LogP contribution in [0.3, 0.4) is 0 Å². The van der Waals surface area contributed by atoms with E-state index in [1.54, 1.807) is 13.8 Å². The van der Waals surface area contributed by atoms with Gasteiger partial charge in [0, 0.05) is 18.7 Å². The number of ether oxygens (including phenoxy) is 1. The van der Waals surface area contributed by atoms with Gasteiger partial charge in [-0.1, -0.05) is 12.1 Å². The van der Waals surface area contributed by atoms with E-state index in [0.29, 0.717) is 24.2 Å². The van der Waals surface area contributed by atoms with Crippen LogP contribution < -0.4 is 5.84 Å². The van der Waals surface area contributed by atoms with Gasteiger partial charge in [-0.25, -0.2) is 4.79 Å². The summed E-state index contributed by atoms with van der Waals surface area (Å²) in [5.74, 6) is 3.32. The highest BCUT2D eigenvalue weighted by Gasteiger charge is 2.26. The molecule has 7 nitrogen and oxygen atoms in total. The maximum Gasteiger partial charge on any atom is 0.337 e. The van der Waals surface area contributed by atoms with E-state index in [1.165, 1.54) is 36.3 Å². The highest BCUT2D eigenvalue weighted by molar-refractivity contribution is 6.67. The van der Waals surface area contributed by atoms with Crippen molar-refractivity contribution in [1.82, 2.24) is 4.90 Å². The monoisotopic (exact) mass is 305 g/mol. The summed E-state index contributed by atoms with van der Waals surface area (Å²) >= 11 is 0. The summed E-state index contributed by atoms with van der Waals surface area (Å²) in [5.41, 5.74) is 0.541. The number of esters is 1. The van der Waals surface area contributed by atoms with E-state index in [1.807, 2.05) is 0 Å². The van der Waals surface area contributed by atoms with E-state index in [4.69, 9.17) is 5.84 Å². The Balaban J connectivity index is 3.04. The highest BCUT2D eigenvalue weighted by Crippen LogP contribution is 2.08. The average Bonchev–Trinajstić information content (AvgIpc) is 2.56. The smallest absolute Gasteiger partial charge is 0.337 e. The van der Waals surface area contributed by atoms with Gasteiger partial charge in [0.1, 0.15) is 5.71 Å². The van der Waals surface area contributed by atoms with Gasteiger partial charge in [0.15, 0.2) is 0 Å². The van der Waals surface area contributed by atoms with Crippen molar-refractivity contribution >= 4 is 23.4 Å². The van der Waals surface area contributed by atoms with Crippen molar-refractivity contribution in [3.8, 4) is 0 Å². The Bertz CT molecular complexity index is 589. The lowest BCUT2D eigenvalue weighted by molar-refractivity contribution is -0.141. The van der Waals surface area contributed by atoms with Crippen LogP contribution in [0.2, 0.25) is 0 Å². The van der Waals surface area contributed by atoms with Gasteiger partial charge >= 0.3 is 5.97 Å². The Morgan fingerprint density at radius 3 is 2.00 bits per heavy atom. The van der Waals surface area contributed by atoms with Crippen LogP contribution in [0.1, 0.15) is 29.8 Å². The first-order valence-corrected chi connectivity index (χ1v) is 6.80. The molecular weight excluding hydrogens is 286 g/mol. The second-order valence-corrected chi connectivity index (χ2v) is 4.35. The van der Waals surface area contributed by atoms with Gasteiger partial charge in [-0.15, -0.1) is 0 Å². The van der Waals surface area contributed by atoms with E-state index >= 15 is 0 Å². The summed E-state index contributed by atoms with van der Waals surface area (Å²) < 4.78 is 4.59. The zero-order chi connectivity index (χ0) is 16.7. The second kappa shape index (κ2) is 7.92. The molecule has 0 aliphatic rings. The molecule has 0 saturated carbocycles. The molecular formula is C15H19N3O4. The fraction of sp³-hybridized carbons (Fsp3) is 0.333. The van der Waals surface area contributed by atoms with Crippen molar-refractivity contribution in [3.63, 3.8) is 0 Å². The zero-order valence-corrected chi connectivity index (χ0v) is 12.8. The molecule has 0 bridgehead atoms. The minimum Gasteiger partial charge on any atom is -0.465 e. The van der Waals surface area contributed by atoms with Crippen LogP contribution in [0.25, 0.3) is 0 Å². The molecule has 1 amide bonds. The Hall–Kier alpha value is -2.70. The molecule has 0 atom stereocenters. The maximum atomic E-state index is 12.2. The standard InChI is InChI=1S/C15H19N3O4/c1-4-18(5-2)14(20)13(19)12(17-16)10-6-8-11(9-7-10)15(21)22-3/h6-9H,4-5,16H2,1-3H3. The van der Waals surface area contributed by atoms with E-state index in [9.17, 15) is 14.4 Å². The molecule has 0 aromatic heterocycles. The summed E-state index contributed by atoms with van der Waals surface area (Å²) in [5, 5.41) is 3.43. The first-order chi connectivity index (χ1) is 10.5. The number of ketones is 1. The van der Waals surface area contributed by atoms with Crippen LogP contribution >= 0.6 is 0 Å². The highest BCUT2D eigenvalue weighted by atomic mass is 16.5. The molecule has 0 radical (unpaired) electrons. The molecule has 0 fully saturated rings. The quantitative estimate of drug-likeness (QED) is 0.272. The fourth-order valence-corrected chi connectivity index (χ4v) is 1.90. The Morgan fingerprint density at radius 2 is 1.59 bits per heavy atom. The minimum atomic E-state index is -0.781. The van der Waals surface area contributed by atoms with Gasteiger partial charge in [-0.05, 0) is 26.0 Å². The van der Waals surface area contributed by atoms with Crippen molar-refractivity contribution in [2.75, 3.05) is 20.2 Å². The number of nitrogens with two attached hydrogens (primary N) is 1. The largest absolute Gasteiger partial charge is 0.465 e. The molecule has 118 valence electrons. The number of likely N-dealkylation sites (N-methyl/N-ethyl adjacent to an activating group) is 1. The molecule has 7 heteroatoms. The van der Waals surface area contributed by atoms with Crippen molar-refractivity contribution in [1.29, 1.82) is 0 Å².